The van der Waals surface area contributed by atoms with Crippen molar-refractivity contribution in [1.29, 1.82) is 0 Å². The summed E-state index contributed by atoms with van der Waals surface area (Å²) in [5.41, 5.74) is 0. The van der Waals surface area contributed by atoms with Crippen LogP contribution in [0, 0.1) is 5.92 Å². The number of likely N-dealkylation sites (tertiary alicyclic amines) is 1. The van der Waals surface area contributed by atoms with E-state index in [1.165, 1.54) is 6.92 Å². The van der Waals surface area contributed by atoms with E-state index in [0.29, 0.717) is 19.5 Å². The van der Waals surface area contributed by atoms with Crippen LogP contribution in [-0.2, 0) is 9.59 Å². The predicted molar refractivity (Wildman–Crippen MR) is 49.3 cm³/mol. The van der Waals surface area contributed by atoms with Crippen molar-refractivity contribution in [3.63, 3.8) is 0 Å². The molecule has 1 aliphatic heterocycles. The molecular weight excluding hydrogens is 170 g/mol. The Labute approximate surface area is 78.5 Å². The molecule has 0 saturated carbocycles. The summed E-state index contributed by atoms with van der Waals surface area (Å²) in [6.45, 7) is 6.43. The molecule has 0 aliphatic carbocycles. The predicted octanol–water partition coefficient (Wildman–Crippen LogP) is 0.966. The van der Waals surface area contributed by atoms with E-state index in [0.717, 1.165) is 0 Å². The number of carboxylic acid groups (broad SMARTS) is 1. The highest BCUT2D eigenvalue weighted by Crippen LogP contribution is 2.15. The molecule has 1 atom stereocenters. The number of carboxylic acids is 1. The van der Waals surface area contributed by atoms with Crippen LogP contribution >= 0.6 is 0 Å². The third kappa shape index (κ3) is 3.44. The van der Waals surface area contributed by atoms with Crippen molar-refractivity contribution in [3.8, 4) is 0 Å². The first-order chi connectivity index (χ1) is 6.11. The Kier molecular flexibility index (Phi) is 5.11. The van der Waals surface area contributed by atoms with Crippen LogP contribution in [0.2, 0.25) is 0 Å². The van der Waals surface area contributed by atoms with Crippen LogP contribution in [0.15, 0.2) is 0 Å². The molecule has 0 radical (unpaired) electrons. The summed E-state index contributed by atoms with van der Waals surface area (Å²) >= 11 is 0. The molecule has 1 rings (SSSR count). The maximum atomic E-state index is 10.7. The second-order valence-corrected chi connectivity index (χ2v) is 2.79. The first-order valence-electron chi connectivity index (χ1n) is 4.59. The zero-order valence-corrected chi connectivity index (χ0v) is 8.41. The highest BCUT2D eigenvalue weighted by atomic mass is 16.4. The fourth-order valence-corrected chi connectivity index (χ4v) is 1.25. The zero-order chi connectivity index (χ0) is 10.4. The third-order valence-corrected chi connectivity index (χ3v) is 1.98. The third-order valence-electron chi connectivity index (χ3n) is 1.98. The van der Waals surface area contributed by atoms with Crippen molar-refractivity contribution in [3.05, 3.63) is 0 Å². The zero-order valence-electron chi connectivity index (χ0n) is 8.41. The Morgan fingerprint density at radius 2 is 1.92 bits per heavy atom. The van der Waals surface area contributed by atoms with Gasteiger partial charge >= 0.3 is 5.97 Å². The minimum atomic E-state index is -0.797. The van der Waals surface area contributed by atoms with Gasteiger partial charge in [0, 0.05) is 20.0 Å². The molecule has 1 fully saturated rings. The van der Waals surface area contributed by atoms with Crippen molar-refractivity contribution in [2.24, 2.45) is 5.92 Å². The van der Waals surface area contributed by atoms with Gasteiger partial charge in [0.2, 0.25) is 5.91 Å². The quantitative estimate of drug-likeness (QED) is 0.665. The SMILES string of the molecule is CC.CC(=O)N1CCC(C(=O)O)C1. The normalized spacial score (nSPS) is 20.5. The lowest BCUT2D eigenvalue weighted by atomic mass is 10.1. The first kappa shape index (κ1) is 11.9. The van der Waals surface area contributed by atoms with Gasteiger partial charge in [-0.3, -0.25) is 9.59 Å². The summed E-state index contributed by atoms with van der Waals surface area (Å²) in [5, 5.41) is 8.57. The second kappa shape index (κ2) is 5.56. The van der Waals surface area contributed by atoms with Crippen molar-refractivity contribution in [2.45, 2.75) is 27.2 Å². The van der Waals surface area contributed by atoms with Crippen molar-refractivity contribution in [1.82, 2.24) is 4.90 Å². The Hall–Kier alpha value is -1.06. The van der Waals surface area contributed by atoms with Crippen LogP contribution in [0.5, 0.6) is 0 Å². The van der Waals surface area contributed by atoms with Crippen molar-refractivity contribution >= 4 is 11.9 Å². The lowest BCUT2D eigenvalue weighted by molar-refractivity contribution is -0.141. The van der Waals surface area contributed by atoms with Crippen LogP contribution in [0.4, 0.5) is 0 Å². The summed E-state index contributed by atoms with van der Waals surface area (Å²) in [4.78, 5) is 22.7. The van der Waals surface area contributed by atoms with Gasteiger partial charge in [0.25, 0.3) is 0 Å². The number of rotatable bonds is 1. The van der Waals surface area contributed by atoms with E-state index in [1.807, 2.05) is 13.8 Å². The second-order valence-electron chi connectivity index (χ2n) is 2.79. The van der Waals surface area contributed by atoms with Crippen LogP contribution < -0.4 is 0 Å². The number of carbonyl (C=O) groups excluding carboxylic acids is 1. The molecular formula is C9H17NO3. The summed E-state index contributed by atoms with van der Waals surface area (Å²) in [6, 6.07) is 0. The molecule has 1 N–H and O–H groups in total. The van der Waals surface area contributed by atoms with Gasteiger partial charge in [-0.05, 0) is 6.42 Å². The van der Waals surface area contributed by atoms with Crippen LogP contribution in [-0.4, -0.2) is 35.0 Å². The van der Waals surface area contributed by atoms with Crippen LogP contribution in [0.1, 0.15) is 27.2 Å². The van der Waals surface area contributed by atoms with Crippen LogP contribution in [0.25, 0.3) is 0 Å². The molecule has 13 heavy (non-hydrogen) atoms. The average molecular weight is 187 g/mol. The topological polar surface area (TPSA) is 57.6 Å². The lowest BCUT2D eigenvalue weighted by Gasteiger charge is -2.11. The summed E-state index contributed by atoms with van der Waals surface area (Å²) in [7, 11) is 0. The molecule has 0 aromatic rings. The van der Waals surface area contributed by atoms with Gasteiger partial charge in [-0.1, -0.05) is 13.8 Å². The standard InChI is InChI=1S/C7H11NO3.C2H6/c1-5(9)8-3-2-6(4-8)7(10)11;1-2/h6H,2-4H2,1H3,(H,10,11);1-2H3. The Balaban J connectivity index is 0.000000671. The molecule has 1 heterocycles. The molecule has 1 unspecified atom stereocenters. The van der Waals surface area contributed by atoms with E-state index in [-0.39, 0.29) is 11.8 Å². The van der Waals surface area contributed by atoms with E-state index in [1.54, 1.807) is 4.90 Å². The van der Waals surface area contributed by atoms with E-state index in [2.05, 4.69) is 0 Å². The molecule has 0 aromatic carbocycles. The molecule has 1 amide bonds. The molecule has 4 nitrogen and oxygen atoms in total. The van der Waals surface area contributed by atoms with Gasteiger partial charge in [-0.25, -0.2) is 0 Å². The molecule has 0 bridgehead atoms. The Bertz CT molecular complexity index is 171. The smallest absolute Gasteiger partial charge is 0.308 e. The van der Waals surface area contributed by atoms with Gasteiger partial charge in [0.1, 0.15) is 0 Å². The first-order valence-corrected chi connectivity index (χ1v) is 4.59. The Morgan fingerprint density at radius 1 is 1.38 bits per heavy atom. The molecule has 4 heteroatoms. The van der Waals surface area contributed by atoms with E-state index in [4.69, 9.17) is 5.11 Å². The van der Waals surface area contributed by atoms with Gasteiger partial charge in [-0.15, -0.1) is 0 Å². The number of nitrogens with zero attached hydrogens (tertiary/aromatic N) is 1. The number of carbonyl (C=O) groups is 2. The lowest BCUT2D eigenvalue weighted by Crippen LogP contribution is -2.27. The van der Waals surface area contributed by atoms with Gasteiger partial charge in [-0.2, -0.15) is 0 Å². The molecule has 1 saturated heterocycles. The highest BCUT2D eigenvalue weighted by Gasteiger charge is 2.28. The van der Waals surface area contributed by atoms with Gasteiger partial charge in [0.05, 0.1) is 5.92 Å². The average Bonchev–Trinajstić information content (AvgIpc) is 2.56. The minimum Gasteiger partial charge on any atom is -0.481 e. The van der Waals surface area contributed by atoms with Gasteiger partial charge < -0.3 is 10.0 Å². The molecule has 76 valence electrons. The number of aliphatic carboxylic acids is 1. The van der Waals surface area contributed by atoms with E-state index >= 15 is 0 Å². The van der Waals surface area contributed by atoms with Crippen molar-refractivity contribution < 1.29 is 14.7 Å². The fourth-order valence-electron chi connectivity index (χ4n) is 1.25. The molecule has 0 spiro atoms. The van der Waals surface area contributed by atoms with Gasteiger partial charge in [0.15, 0.2) is 0 Å². The number of hydrogen-bond acceptors (Lipinski definition) is 2. The number of hydrogen-bond donors (Lipinski definition) is 1. The van der Waals surface area contributed by atoms with Crippen molar-refractivity contribution in [2.75, 3.05) is 13.1 Å². The van der Waals surface area contributed by atoms with Crippen LogP contribution in [0.3, 0.4) is 0 Å². The van der Waals surface area contributed by atoms with E-state index < -0.39 is 5.97 Å². The maximum absolute atomic E-state index is 10.7. The summed E-state index contributed by atoms with van der Waals surface area (Å²) < 4.78 is 0. The number of amides is 1. The van der Waals surface area contributed by atoms with E-state index in [9.17, 15) is 9.59 Å². The summed E-state index contributed by atoms with van der Waals surface area (Å²) in [5.74, 6) is -1.18. The maximum Gasteiger partial charge on any atom is 0.308 e. The minimum absolute atomic E-state index is 0.0336. The fraction of sp³-hybridized carbons (Fsp3) is 0.778. The largest absolute Gasteiger partial charge is 0.481 e. The molecule has 0 aromatic heterocycles. The monoisotopic (exact) mass is 187 g/mol. The summed E-state index contributed by atoms with van der Waals surface area (Å²) in [6.07, 6.45) is 0.592. The highest BCUT2D eigenvalue weighted by molar-refractivity contribution is 5.76. The molecule has 1 aliphatic rings. The Morgan fingerprint density at radius 3 is 2.15 bits per heavy atom.